The topological polar surface area (TPSA) is 41.0 Å². The van der Waals surface area contributed by atoms with Crippen LogP contribution in [0.3, 0.4) is 0 Å². The van der Waals surface area contributed by atoms with Gasteiger partial charge in [-0.3, -0.25) is 4.98 Å². The van der Waals surface area contributed by atoms with E-state index in [-0.39, 0.29) is 0 Å². The van der Waals surface area contributed by atoms with Crippen LogP contribution in [-0.4, -0.2) is 23.6 Å². The van der Waals surface area contributed by atoms with Crippen molar-refractivity contribution in [3.05, 3.63) is 77.7 Å². The van der Waals surface area contributed by atoms with E-state index in [1.54, 1.807) is 6.20 Å². The van der Waals surface area contributed by atoms with Gasteiger partial charge in [-0.2, -0.15) is 0 Å². The van der Waals surface area contributed by atoms with Gasteiger partial charge < -0.3 is 10.2 Å². The molecule has 0 radical (unpaired) electrons. The monoisotopic (exact) mass is 344 g/mol. The van der Waals surface area contributed by atoms with Gasteiger partial charge in [-0.05, 0) is 66.8 Å². The van der Waals surface area contributed by atoms with E-state index in [1.807, 2.05) is 18.5 Å². The zero-order valence-electron chi connectivity index (χ0n) is 15.3. The van der Waals surface area contributed by atoms with E-state index in [0.717, 1.165) is 24.5 Å². The average molecular weight is 344 g/mol. The predicted molar refractivity (Wildman–Crippen MR) is 107 cm³/mol. The number of nitrogens with zero attached hydrogens (tertiary/aromatic N) is 3. The molecule has 1 aliphatic rings. The number of hydrogen-bond acceptors (Lipinski definition) is 4. The molecule has 0 spiro atoms. The van der Waals surface area contributed by atoms with Gasteiger partial charge in [-0.15, -0.1) is 0 Å². The first kappa shape index (κ1) is 16.6. The maximum Gasteiger partial charge on any atom is 0.132 e. The Morgan fingerprint density at radius 2 is 2.08 bits per heavy atom. The summed E-state index contributed by atoms with van der Waals surface area (Å²) in [5.41, 5.74) is 6.39. The molecule has 2 heterocycles. The number of aromatic nitrogens is 2. The Bertz CT molecular complexity index is 874. The van der Waals surface area contributed by atoms with Gasteiger partial charge in [0.25, 0.3) is 0 Å². The van der Waals surface area contributed by atoms with Crippen molar-refractivity contribution in [2.45, 2.75) is 25.7 Å². The molecular weight excluding hydrogens is 320 g/mol. The first-order valence-electron chi connectivity index (χ1n) is 9.14. The van der Waals surface area contributed by atoms with E-state index in [4.69, 9.17) is 0 Å². The second kappa shape index (κ2) is 7.16. The lowest BCUT2D eigenvalue weighted by Crippen LogP contribution is -2.12. The molecule has 2 aromatic heterocycles. The fraction of sp³-hybridized carbons (Fsp3) is 0.273. The number of pyridine rings is 2. The molecule has 1 atom stereocenters. The van der Waals surface area contributed by atoms with Crippen molar-refractivity contribution in [3.63, 3.8) is 0 Å². The number of nitrogens with one attached hydrogen (secondary N) is 1. The zero-order valence-corrected chi connectivity index (χ0v) is 15.3. The van der Waals surface area contributed by atoms with Crippen molar-refractivity contribution >= 4 is 17.2 Å². The third-order valence-corrected chi connectivity index (χ3v) is 5.17. The lowest BCUT2D eigenvalue weighted by Gasteiger charge is -2.20. The van der Waals surface area contributed by atoms with Crippen molar-refractivity contribution < 1.29 is 0 Å². The van der Waals surface area contributed by atoms with Crippen LogP contribution in [0, 0.1) is 6.92 Å². The number of aryl methyl sites for hydroxylation is 2. The fourth-order valence-electron chi connectivity index (χ4n) is 3.61. The van der Waals surface area contributed by atoms with Crippen LogP contribution in [0.1, 0.15) is 29.0 Å². The molecule has 1 aliphatic carbocycles. The van der Waals surface area contributed by atoms with Gasteiger partial charge in [0.15, 0.2) is 0 Å². The van der Waals surface area contributed by atoms with Gasteiger partial charge in [0, 0.05) is 43.8 Å². The van der Waals surface area contributed by atoms with Crippen molar-refractivity contribution in [1.82, 2.24) is 9.97 Å². The summed E-state index contributed by atoms with van der Waals surface area (Å²) in [6, 6.07) is 15.0. The molecule has 26 heavy (non-hydrogen) atoms. The molecule has 0 saturated heterocycles. The zero-order chi connectivity index (χ0) is 17.9. The van der Waals surface area contributed by atoms with E-state index in [9.17, 15) is 0 Å². The van der Waals surface area contributed by atoms with Gasteiger partial charge in [0.05, 0.1) is 5.69 Å². The smallest absolute Gasteiger partial charge is 0.132 e. The van der Waals surface area contributed by atoms with E-state index in [1.165, 1.54) is 28.8 Å². The number of rotatable bonds is 5. The molecular formula is C22H24N4. The van der Waals surface area contributed by atoms with E-state index in [2.05, 4.69) is 70.6 Å². The SMILES string of the molecule is Cc1ccc(N(C)c2ccc3c(c2)CC[C@H]3CNc2cccnc2)nc1. The van der Waals surface area contributed by atoms with Crippen LogP contribution in [0.5, 0.6) is 0 Å². The minimum Gasteiger partial charge on any atom is -0.383 e. The van der Waals surface area contributed by atoms with Crippen LogP contribution in [0.2, 0.25) is 0 Å². The molecule has 1 N–H and O–H groups in total. The largest absolute Gasteiger partial charge is 0.383 e. The Morgan fingerprint density at radius 1 is 1.15 bits per heavy atom. The first-order valence-corrected chi connectivity index (χ1v) is 9.14. The summed E-state index contributed by atoms with van der Waals surface area (Å²) in [5, 5.41) is 3.51. The lowest BCUT2D eigenvalue weighted by molar-refractivity contribution is 0.709. The average Bonchev–Trinajstić information content (AvgIpc) is 3.09. The first-order chi connectivity index (χ1) is 12.7. The highest BCUT2D eigenvalue weighted by atomic mass is 15.2. The summed E-state index contributed by atoms with van der Waals surface area (Å²) in [6.07, 6.45) is 7.93. The third kappa shape index (κ3) is 3.40. The summed E-state index contributed by atoms with van der Waals surface area (Å²) in [5.74, 6) is 1.53. The third-order valence-electron chi connectivity index (χ3n) is 5.17. The molecule has 4 heteroatoms. The Morgan fingerprint density at radius 3 is 2.85 bits per heavy atom. The molecule has 3 aromatic rings. The molecule has 0 fully saturated rings. The highest BCUT2D eigenvalue weighted by Crippen LogP contribution is 2.36. The Kier molecular flexibility index (Phi) is 4.57. The van der Waals surface area contributed by atoms with Crippen LogP contribution < -0.4 is 10.2 Å². The molecule has 0 unspecified atom stereocenters. The molecule has 1 aromatic carbocycles. The summed E-state index contributed by atoms with van der Waals surface area (Å²) in [6.45, 7) is 3.01. The number of fused-ring (bicyclic) bond motifs is 1. The highest BCUT2D eigenvalue weighted by molar-refractivity contribution is 5.62. The second-order valence-corrected chi connectivity index (χ2v) is 6.99. The Hall–Kier alpha value is -2.88. The van der Waals surface area contributed by atoms with Crippen LogP contribution >= 0.6 is 0 Å². The summed E-state index contributed by atoms with van der Waals surface area (Å²) >= 11 is 0. The molecule has 0 aliphatic heterocycles. The van der Waals surface area contributed by atoms with Crippen molar-refractivity contribution in [2.75, 3.05) is 23.8 Å². The van der Waals surface area contributed by atoms with Crippen molar-refractivity contribution in [1.29, 1.82) is 0 Å². The minimum atomic E-state index is 0.557. The van der Waals surface area contributed by atoms with Gasteiger partial charge in [0.1, 0.15) is 5.82 Å². The summed E-state index contributed by atoms with van der Waals surface area (Å²) in [4.78, 5) is 10.9. The normalized spacial score (nSPS) is 15.5. The number of hydrogen-bond donors (Lipinski definition) is 1. The van der Waals surface area contributed by atoms with Gasteiger partial charge in [-0.25, -0.2) is 4.98 Å². The van der Waals surface area contributed by atoms with E-state index in [0.29, 0.717) is 5.92 Å². The van der Waals surface area contributed by atoms with Crippen molar-refractivity contribution in [2.24, 2.45) is 0 Å². The predicted octanol–water partition coefficient (Wildman–Crippen LogP) is 4.69. The van der Waals surface area contributed by atoms with Crippen LogP contribution in [0.25, 0.3) is 0 Å². The standard InChI is InChI=1S/C22H24N4/c1-16-5-10-22(25-13-16)26(2)20-8-9-21-17(12-20)6-7-18(21)14-24-19-4-3-11-23-15-19/h3-5,8-13,15,18,24H,6-7,14H2,1-2H3/t18-/m0/s1. The van der Waals surface area contributed by atoms with E-state index >= 15 is 0 Å². The maximum absolute atomic E-state index is 4.54. The highest BCUT2D eigenvalue weighted by Gasteiger charge is 2.23. The van der Waals surface area contributed by atoms with Crippen LogP contribution in [0.15, 0.2) is 61.1 Å². The van der Waals surface area contributed by atoms with Crippen molar-refractivity contribution in [3.8, 4) is 0 Å². The molecule has 4 rings (SSSR count). The fourth-order valence-corrected chi connectivity index (χ4v) is 3.61. The van der Waals surface area contributed by atoms with Crippen LogP contribution in [0.4, 0.5) is 17.2 Å². The van der Waals surface area contributed by atoms with Gasteiger partial charge in [-0.1, -0.05) is 12.1 Å². The van der Waals surface area contributed by atoms with Gasteiger partial charge >= 0.3 is 0 Å². The summed E-state index contributed by atoms with van der Waals surface area (Å²) in [7, 11) is 2.08. The van der Waals surface area contributed by atoms with Crippen LogP contribution in [-0.2, 0) is 6.42 Å². The Labute approximate surface area is 154 Å². The number of benzene rings is 1. The van der Waals surface area contributed by atoms with Gasteiger partial charge in [0.2, 0.25) is 0 Å². The minimum absolute atomic E-state index is 0.557. The quantitative estimate of drug-likeness (QED) is 0.729. The molecule has 0 amide bonds. The molecule has 0 bridgehead atoms. The Balaban J connectivity index is 1.48. The molecule has 4 nitrogen and oxygen atoms in total. The maximum atomic E-state index is 4.54. The van der Waals surface area contributed by atoms with E-state index < -0.39 is 0 Å². The number of anilines is 3. The second-order valence-electron chi connectivity index (χ2n) is 6.99. The molecule has 0 saturated carbocycles. The lowest BCUT2D eigenvalue weighted by atomic mass is 10.0. The summed E-state index contributed by atoms with van der Waals surface area (Å²) < 4.78 is 0. The molecule has 132 valence electrons.